The first-order valence-corrected chi connectivity index (χ1v) is 9.24. The normalized spacial score (nSPS) is 14.5. The molecule has 0 heterocycles. The van der Waals surface area contributed by atoms with Crippen LogP contribution < -0.4 is 21.3 Å². The summed E-state index contributed by atoms with van der Waals surface area (Å²) in [6, 6.07) is 6.92. The lowest BCUT2D eigenvalue weighted by molar-refractivity contribution is 0.603. The Bertz CT molecular complexity index is 597. The van der Waals surface area contributed by atoms with Crippen molar-refractivity contribution in [3.63, 3.8) is 0 Å². The second-order valence-corrected chi connectivity index (χ2v) is 6.40. The van der Waals surface area contributed by atoms with Crippen molar-refractivity contribution in [2.45, 2.75) is 32.6 Å². The molecule has 2 rings (SSSR count). The van der Waals surface area contributed by atoms with E-state index in [1.54, 1.807) is 6.07 Å². The van der Waals surface area contributed by atoms with Crippen molar-refractivity contribution in [2.75, 3.05) is 37.6 Å². The number of likely N-dealkylation sites (N-methyl/N-ethyl adjacent to an activating group) is 1. The van der Waals surface area contributed by atoms with Crippen molar-refractivity contribution in [3.8, 4) is 0 Å². The molecule has 0 aromatic heterocycles. The lowest BCUT2D eigenvalue weighted by atomic mass is 9.95. The zero-order chi connectivity index (χ0) is 18.1. The summed E-state index contributed by atoms with van der Waals surface area (Å²) >= 11 is 0. The molecule has 1 aromatic rings. The maximum atomic E-state index is 13.9. The van der Waals surface area contributed by atoms with Crippen LogP contribution in [0.4, 0.5) is 10.1 Å². The molecular formula is C20H31FN4. The quantitative estimate of drug-likeness (QED) is 0.570. The molecule has 1 aliphatic carbocycles. The van der Waals surface area contributed by atoms with E-state index in [0.717, 1.165) is 57.0 Å². The first kappa shape index (κ1) is 19.3. The van der Waals surface area contributed by atoms with Crippen LogP contribution in [0.1, 0.15) is 32.6 Å². The van der Waals surface area contributed by atoms with Gasteiger partial charge in [-0.3, -0.25) is 0 Å². The molecule has 25 heavy (non-hydrogen) atoms. The highest BCUT2D eigenvalue weighted by Crippen LogP contribution is 2.24. The molecule has 0 bridgehead atoms. The van der Waals surface area contributed by atoms with Crippen molar-refractivity contribution in [1.29, 1.82) is 0 Å². The predicted molar refractivity (Wildman–Crippen MR) is 104 cm³/mol. The summed E-state index contributed by atoms with van der Waals surface area (Å²) in [6.07, 6.45) is 4.38. The van der Waals surface area contributed by atoms with Crippen molar-refractivity contribution >= 4 is 5.69 Å². The lowest BCUT2D eigenvalue weighted by Gasteiger charge is -2.24. The molecule has 0 atom stereocenters. The summed E-state index contributed by atoms with van der Waals surface area (Å²) in [5, 5.41) is 6.75. The number of nitrogens with two attached hydrogens (primary N) is 1. The van der Waals surface area contributed by atoms with Gasteiger partial charge in [0.2, 0.25) is 0 Å². The maximum absolute atomic E-state index is 13.9. The van der Waals surface area contributed by atoms with Crippen LogP contribution in [0.25, 0.3) is 0 Å². The number of nitrogens with zero attached hydrogens (tertiary/aromatic N) is 1. The molecule has 0 saturated carbocycles. The van der Waals surface area contributed by atoms with Gasteiger partial charge < -0.3 is 21.3 Å². The molecular weight excluding hydrogens is 315 g/mol. The average Bonchev–Trinajstić information content (AvgIpc) is 2.62. The summed E-state index contributed by atoms with van der Waals surface area (Å²) in [6.45, 7) is 10.2. The molecule has 0 amide bonds. The van der Waals surface area contributed by atoms with Gasteiger partial charge in [0.25, 0.3) is 0 Å². The standard InChI is InChI=1S/C20H31FN4/c1-3-25(20-11-7-5-9-18(20)21)15-14-23-12-13-24-16(2)17-8-4-6-10-19(17)22/h5,7,9,11,23-24H,2-4,6,8,10,12-15,22H2,1H3. The largest absolute Gasteiger partial charge is 0.402 e. The molecule has 0 radical (unpaired) electrons. The molecule has 4 nitrogen and oxygen atoms in total. The fourth-order valence-electron chi connectivity index (χ4n) is 3.18. The molecule has 0 spiro atoms. The van der Waals surface area contributed by atoms with Gasteiger partial charge >= 0.3 is 0 Å². The number of hydrogen-bond donors (Lipinski definition) is 3. The smallest absolute Gasteiger partial charge is 0.146 e. The molecule has 0 saturated heterocycles. The predicted octanol–water partition coefficient (Wildman–Crippen LogP) is 3.13. The van der Waals surface area contributed by atoms with Gasteiger partial charge in [-0.2, -0.15) is 0 Å². The second kappa shape index (κ2) is 10.1. The van der Waals surface area contributed by atoms with Crippen molar-refractivity contribution in [1.82, 2.24) is 10.6 Å². The van der Waals surface area contributed by atoms with Crippen LogP contribution in [0.3, 0.4) is 0 Å². The Kier molecular flexibility index (Phi) is 7.79. The molecule has 0 fully saturated rings. The number of para-hydroxylation sites is 1. The number of halogens is 1. The molecule has 4 N–H and O–H groups in total. The molecule has 0 aliphatic heterocycles. The minimum Gasteiger partial charge on any atom is -0.402 e. The van der Waals surface area contributed by atoms with Crippen LogP contribution in [0.15, 0.2) is 47.8 Å². The average molecular weight is 346 g/mol. The third-order valence-electron chi connectivity index (χ3n) is 4.65. The van der Waals surface area contributed by atoms with Crippen molar-refractivity contribution in [2.24, 2.45) is 5.73 Å². The number of benzene rings is 1. The summed E-state index contributed by atoms with van der Waals surface area (Å²) in [7, 11) is 0. The summed E-state index contributed by atoms with van der Waals surface area (Å²) in [4.78, 5) is 2.04. The first-order valence-electron chi connectivity index (χ1n) is 9.24. The highest BCUT2D eigenvalue weighted by Gasteiger charge is 2.12. The Hall–Kier alpha value is -2.01. The maximum Gasteiger partial charge on any atom is 0.146 e. The molecule has 0 unspecified atom stereocenters. The van der Waals surface area contributed by atoms with Crippen LogP contribution in [0.2, 0.25) is 0 Å². The fraction of sp³-hybridized carbons (Fsp3) is 0.500. The van der Waals surface area contributed by atoms with Crippen molar-refractivity contribution in [3.05, 3.63) is 53.6 Å². The minimum absolute atomic E-state index is 0.166. The fourth-order valence-corrected chi connectivity index (χ4v) is 3.18. The van der Waals surface area contributed by atoms with E-state index in [1.807, 2.05) is 24.0 Å². The topological polar surface area (TPSA) is 53.3 Å². The van der Waals surface area contributed by atoms with Gasteiger partial charge in [0.05, 0.1) is 5.69 Å². The third-order valence-corrected chi connectivity index (χ3v) is 4.65. The van der Waals surface area contributed by atoms with Gasteiger partial charge in [0.1, 0.15) is 5.82 Å². The molecule has 1 aliphatic rings. The van der Waals surface area contributed by atoms with Crippen LogP contribution in [-0.4, -0.2) is 32.7 Å². The monoisotopic (exact) mass is 346 g/mol. The van der Waals surface area contributed by atoms with Gasteiger partial charge in [0.15, 0.2) is 0 Å². The Labute approximate surface area is 151 Å². The summed E-state index contributed by atoms with van der Waals surface area (Å²) in [5.74, 6) is -0.166. The molecule has 138 valence electrons. The Morgan fingerprint density at radius 2 is 1.96 bits per heavy atom. The van der Waals surface area contributed by atoms with Gasteiger partial charge in [0, 0.05) is 44.1 Å². The third kappa shape index (κ3) is 5.78. The summed E-state index contributed by atoms with van der Waals surface area (Å²) < 4.78 is 13.9. The number of nitrogens with one attached hydrogen (secondary N) is 2. The second-order valence-electron chi connectivity index (χ2n) is 6.40. The van der Waals surface area contributed by atoms with Gasteiger partial charge in [-0.25, -0.2) is 4.39 Å². The van der Waals surface area contributed by atoms with Gasteiger partial charge in [-0.15, -0.1) is 0 Å². The van der Waals surface area contributed by atoms with E-state index >= 15 is 0 Å². The van der Waals surface area contributed by atoms with E-state index in [2.05, 4.69) is 17.2 Å². The Morgan fingerprint density at radius 3 is 2.68 bits per heavy atom. The van der Waals surface area contributed by atoms with E-state index in [1.165, 1.54) is 24.5 Å². The van der Waals surface area contributed by atoms with Gasteiger partial charge in [-0.1, -0.05) is 18.7 Å². The molecule has 5 heteroatoms. The van der Waals surface area contributed by atoms with E-state index in [4.69, 9.17) is 5.73 Å². The van der Waals surface area contributed by atoms with Crippen LogP contribution in [-0.2, 0) is 0 Å². The number of rotatable bonds is 10. The zero-order valence-electron chi connectivity index (χ0n) is 15.3. The van der Waals surface area contributed by atoms with Crippen LogP contribution >= 0.6 is 0 Å². The number of hydrogen-bond acceptors (Lipinski definition) is 4. The zero-order valence-corrected chi connectivity index (χ0v) is 15.3. The highest BCUT2D eigenvalue weighted by atomic mass is 19.1. The van der Waals surface area contributed by atoms with E-state index < -0.39 is 0 Å². The Balaban J connectivity index is 1.66. The summed E-state index contributed by atoms with van der Waals surface area (Å²) in [5.41, 5.74) is 9.88. The van der Waals surface area contributed by atoms with E-state index in [0.29, 0.717) is 5.69 Å². The SMILES string of the molecule is C=C(NCCNCCN(CC)c1ccccc1F)C1=C(N)CCCC1. The van der Waals surface area contributed by atoms with Gasteiger partial charge in [-0.05, 0) is 50.3 Å². The number of allylic oxidation sites excluding steroid dienone is 2. The van der Waals surface area contributed by atoms with Crippen molar-refractivity contribution < 1.29 is 4.39 Å². The number of anilines is 1. The lowest BCUT2D eigenvalue weighted by Crippen LogP contribution is -2.35. The van der Waals surface area contributed by atoms with Crippen LogP contribution in [0.5, 0.6) is 0 Å². The van der Waals surface area contributed by atoms with E-state index in [9.17, 15) is 4.39 Å². The molecule has 1 aromatic carbocycles. The minimum atomic E-state index is -0.166. The van der Waals surface area contributed by atoms with Crippen LogP contribution in [0, 0.1) is 5.82 Å². The Morgan fingerprint density at radius 1 is 1.20 bits per heavy atom. The highest BCUT2D eigenvalue weighted by molar-refractivity contribution is 5.47. The van der Waals surface area contributed by atoms with E-state index in [-0.39, 0.29) is 5.82 Å². The first-order chi connectivity index (χ1) is 12.1.